The molecule has 2 heterocycles. The van der Waals surface area contributed by atoms with Gasteiger partial charge in [-0.2, -0.15) is 16.4 Å². The van der Waals surface area contributed by atoms with E-state index >= 15 is 0 Å². The summed E-state index contributed by atoms with van der Waals surface area (Å²) in [5.74, 6) is 0. The number of hydrogen-bond donors (Lipinski definition) is 1. The number of nitrogens with one attached hydrogen (secondary N) is 1. The van der Waals surface area contributed by atoms with Crippen LogP contribution in [0.5, 0.6) is 0 Å². The van der Waals surface area contributed by atoms with E-state index in [1.54, 1.807) is 17.5 Å². The van der Waals surface area contributed by atoms with Crippen molar-refractivity contribution < 1.29 is 0 Å². The maximum Gasteiger partial charge on any atom is 0.0837 e. The van der Waals surface area contributed by atoms with Gasteiger partial charge in [-0.05, 0) is 42.8 Å². The van der Waals surface area contributed by atoms with Crippen LogP contribution in [-0.4, -0.2) is 16.8 Å². The minimum absolute atomic E-state index is 0.108. The van der Waals surface area contributed by atoms with Crippen LogP contribution in [0.25, 0.3) is 0 Å². The van der Waals surface area contributed by atoms with E-state index in [1.807, 2.05) is 11.7 Å². The molecule has 2 rings (SSSR count). The van der Waals surface area contributed by atoms with Gasteiger partial charge < -0.3 is 5.32 Å². The van der Waals surface area contributed by atoms with Crippen LogP contribution in [0.4, 0.5) is 0 Å². The van der Waals surface area contributed by atoms with Gasteiger partial charge in [-0.25, -0.2) is 0 Å². The van der Waals surface area contributed by atoms with E-state index in [0.29, 0.717) is 0 Å². The van der Waals surface area contributed by atoms with E-state index in [-0.39, 0.29) is 6.04 Å². The maximum absolute atomic E-state index is 6.25. The van der Waals surface area contributed by atoms with E-state index in [4.69, 9.17) is 11.6 Å². The highest BCUT2D eigenvalue weighted by Gasteiger charge is 2.22. The van der Waals surface area contributed by atoms with Gasteiger partial charge in [-0.1, -0.05) is 11.6 Å². The molecule has 0 fully saturated rings. The summed E-state index contributed by atoms with van der Waals surface area (Å²) in [6.45, 7) is 5.01. The molecular weight excluding hydrogens is 254 g/mol. The van der Waals surface area contributed by atoms with Crippen LogP contribution in [0.15, 0.2) is 17.0 Å². The number of nitrogens with zero attached hydrogens (tertiary/aromatic N) is 2. The second-order valence-corrected chi connectivity index (χ2v) is 5.08. The van der Waals surface area contributed by atoms with E-state index in [1.165, 1.54) is 11.1 Å². The smallest absolute Gasteiger partial charge is 0.0837 e. The van der Waals surface area contributed by atoms with E-state index in [2.05, 4.69) is 35.0 Å². The third kappa shape index (κ3) is 2.25. The lowest BCUT2D eigenvalue weighted by Crippen LogP contribution is -2.22. The Morgan fingerprint density at radius 2 is 2.29 bits per heavy atom. The topological polar surface area (TPSA) is 29.9 Å². The van der Waals surface area contributed by atoms with E-state index < -0.39 is 0 Å². The standard InChI is InChI=1S/C12H16ClN3S/c1-4-16-12(10(13)5-15-16)11(14-3)9-7-17-6-8(9)2/h5-7,11,14H,4H2,1-3H3. The van der Waals surface area contributed by atoms with Gasteiger partial charge in [0.1, 0.15) is 0 Å². The van der Waals surface area contributed by atoms with Crippen LogP contribution in [0.3, 0.4) is 0 Å². The van der Waals surface area contributed by atoms with Gasteiger partial charge in [0.15, 0.2) is 0 Å². The Balaban J connectivity index is 2.49. The summed E-state index contributed by atoms with van der Waals surface area (Å²) in [4.78, 5) is 0. The van der Waals surface area contributed by atoms with Crippen LogP contribution in [0.2, 0.25) is 5.02 Å². The summed E-state index contributed by atoms with van der Waals surface area (Å²) >= 11 is 7.96. The van der Waals surface area contributed by atoms with Crippen molar-refractivity contribution in [3.63, 3.8) is 0 Å². The van der Waals surface area contributed by atoms with Gasteiger partial charge in [0, 0.05) is 6.54 Å². The molecule has 0 saturated carbocycles. The summed E-state index contributed by atoms with van der Waals surface area (Å²) in [5.41, 5.74) is 3.60. The molecule has 0 aliphatic heterocycles. The fourth-order valence-electron chi connectivity index (χ4n) is 2.02. The molecule has 2 aromatic heterocycles. The molecule has 0 aliphatic carbocycles. The number of thiophene rings is 1. The van der Waals surface area contributed by atoms with Gasteiger partial charge in [0.2, 0.25) is 0 Å². The molecule has 0 saturated heterocycles. The van der Waals surface area contributed by atoms with Gasteiger partial charge >= 0.3 is 0 Å². The van der Waals surface area contributed by atoms with Crippen LogP contribution in [-0.2, 0) is 6.54 Å². The van der Waals surface area contributed by atoms with Crippen LogP contribution >= 0.6 is 22.9 Å². The third-order valence-corrected chi connectivity index (χ3v) is 4.07. The van der Waals surface area contributed by atoms with Crippen molar-refractivity contribution in [2.45, 2.75) is 26.4 Å². The van der Waals surface area contributed by atoms with Crippen molar-refractivity contribution in [1.82, 2.24) is 15.1 Å². The van der Waals surface area contributed by atoms with E-state index in [0.717, 1.165) is 17.3 Å². The Morgan fingerprint density at radius 3 is 2.82 bits per heavy atom. The Labute approximate surface area is 110 Å². The quantitative estimate of drug-likeness (QED) is 0.924. The zero-order valence-electron chi connectivity index (χ0n) is 10.2. The Kier molecular flexibility index (Phi) is 3.86. The number of hydrogen-bond acceptors (Lipinski definition) is 3. The molecule has 5 heteroatoms. The Bertz CT molecular complexity index is 504. The lowest BCUT2D eigenvalue weighted by atomic mass is 10.0. The van der Waals surface area contributed by atoms with Crippen LogP contribution < -0.4 is 5.32 Å². The third-order valence-electron chi connectivity index (χ3n) is 2.90. The fourth-order valence-corrected chi connectivity index (χ4v) is 3.14. The zero-order valence-corrected chi connectivity index (χ0v) is 11.8. The summed E-state index contributed by atoms with van der Waals surface area (Å²) in [7, 11) is 1.95. The lowest BCUT2D eigenvalue weighted by molar-refractivity contribution is 0.563. The fraction of sp³-hybridized carbons (Fsp3) is 0.417. The van der Waals surface area contributed by atoms with Crippen molar-refractivity contribution >= 4 is 22.9 Å². The van der Waals surface area contributed by atoms with Gasteiger partial charge in [0.05, 0.1) is 23.0 Å². The first-order valence-electron chi connectivity index (χ1n) is 5.60. The molecule has 1 N–H and O–H groups in total. The second kappa shape index (κ2) is 5.21. The molecule has 0 aliphatic rings. The highest BCUT2D eigenvalue weighted by molar-refractivity contribution is 7.08. The molecule has 3 nitrogen and oxygen atoms in total. The second-order valence-electron chi connectivity index (χ2n) is 3.93. The number of halogens is 1. The summed E-state index contributed by atoms with van der Waals surface area (Å²) < 4.78 is 1.95. The summed E-state index contributed by atoms with van der Waals surface area (Å²) in [5, 5.41) is 12.7. The molecule has 0 aromatic carbocycles. The van der Waals surface area contributed by atoms with Crippen molar-refractivity contribution in [3.05, 3.63) is 38.8 Å². The van der Waals surface area contributed by atoms with Crippen molar-refractivity contribution in [2.24, 2.45) is 0 Å². The molecule has 1 atom stereocenters. The largest absolute Gasteiger partial charge is 0.308 e. The van der Waals surface area contributed by atoms with Crippen LogP contribution in [0, 0.1) is 6.92 Å². The predicted octanol–water partition coefficient (Wildman–Crippen LogP) is 3.24. The lowest BCUT2D eigenvalue weighted by Gasteiger charge is -2.18. The minimum Gasteiger partial charge on any atom is -0.308 e. The van der Waals surface area contributed by atoms with Gasteiger partial charge in [-0.3, -0.25) is 4.68 Å². The molecular formula is C12H16ClN3S. The number of aryl methyl sites for hydroxylation is 2. The average molecular weight is 270 g/mol. The maximum atomic E-state index is 6.25. The first kappa shape index (κ1) is 12.6. The Hall–Kier alpha value is -0.840. The monoisotopic (exact) mass is 269 g/mol. The van der Waals surface area contributed by atoms with Crippen molar-refractivity contribution in [1.29, 1.82) is 0 Å². The average Bonchev–Trinajstić information content (AvgIpc) is 2.89. The summed E-state index contributed by atoms with van der Waals surface area (Å²) in [6, 6.07) is 0.108. The molecule has 0 radical (unpaired) electrons. The predicted molar refractivity (Wildman–Crippen MR) is 72.9 cm³/mol. The number of rotatable bonds is 4. The molecule has 2 aromatic rings. The molecule has 17 heavy (non-hydrogen) atoms. The molecule has 1 unspecified atom stereocenters. The van der Waals surface area contributed by atoms with E-state index in [9.17, 15) is 0 Å². The molecule has 0 amide bonds. The highest BCUT2D eigenvalue weighted by Crippen LogP contribution is 2.31. The minimum atomic E-state index is 0.108. The molecule has 0 bridgehead atoms. The molecule has 0 spiro atoms. The normalized spacial score (nSPS) is 12.9. The SMILES string of the molecule is CCn1ncc(Cl)c1C(NC)c1cscc1C. The molecule has 92 valence electrons. The number of aromatic nitrogens is 2. The van der Waals surface area contributed by atoms with Gasteiger partial charge in [-0.15, -0.1) is 0 Å². The first-order valence-corrected chi connectivity index (χ1v) is 6.92. The van der Waals surface area contributed by atoms with Gasteiger partial charge in [0.25, 0.3) is 0 Å². The Morgan fingerprint density at radius 1 is 1.53 bits per heavy atom. The highest BCUT2D eigenvalue weighted by atomic mass is 35.5. The zero-order chi connectivity index (χ0) is 12.4. The first-order chi connectivity index (χ1) is 8.19. The van der Waals surface area contributed by atoms with Crippen molar-refractivity contribution in [3.8, 4) is 0 Å². The van der Waals surface area contributed by atoms with Crippen molar-refractivity contribution in [2.75, 3.05) is 7.05 Å². The van der Waals surface area contributed by atoms with Crippen LogP contribution in [0.1, 0.15) is 29.8 Å². The summed E-state index contributed by atoms with van der Waals surface area (Å²) in [6.07, 6.45) is 1.71.